The van der Waals surface area contributed by atoms with E-state index in [1.165, 1.54) is 0 Å². The fourth-order valence-corrected chi connectivity index (χ4v) is 3.45. The van der Waals surface area contributed by atoms with Crippen LogP contribution in [0.15, 0.2) is 53.0 Å². The van der Waals surface area contributed by atoms with Gasteiger partial charge < -0.3 is 5.11 Å². The Morgan fingerprint density at radius 3 is 2.45 bits per heavy atom. The largest absolute Gasteiger partial charge is 0.478 e. The zero-order chi connectivity index (χ0) is 15.4. The lowest BCUT2D eigenvalue weighted by Crippen LogP contribution is -2.11. The average Bonchev–Trinajstić information content (AvgIpc) is 2.51. The fourth-order valence-electron chi connectivity index (χ4n) is 3.09. The first kappa shape index (κ1) is 13.2. The van der Waals surface area contributed by atoms with E-state index in [1.54, 1.807) is 30.3 Å². The monoisotopic (exact) mass is 352 g/mol. The summed E-state index contributed by atoms with van der Waals surface area (Å²) >= 11 is 3.40. The molecule has 106 valence electrons. The summed E-state index contributed by atoms with van der Waals surface area (Å²) in [6, 6.07) is 14.2. The Balaban J connectivity index is 2.21. The van der Waals surface area contributed by atoms with Crippen LogP contribution in [0.25, 0.3) is 21.9 Å². The molecule has 3 aromatic carbocycles. The summed E-state index contributed by atoms with van der Waals surface area (Å²) in [7, 11) is 0. The van der Waals surface area contributed by atoms with Gasteiger partial charge in [0.15, 0.2) is 5.78 Å². The Morgan fingerprint density at radius 2 is 1.68 bits per heavy atom. The number of carboxylic acid groups (broad SMARTS) is 1. The fraction of sp³-hybridized carbons (Fsp3) is 0. The van der Waals surface area contributed by atoms with E-state index in [9.17, 15) is 14.7 Å². The molecule has 0 amide bonds. The molecule has 1 aliphatic carbocycles. The first-order valence-corrected chi connectivity index (χ1v) is 7.51. The molecule has 0 fully saturated rings. The van der Waals surface area contributed by atoms with Crippen LogP contribution >= 0.6 is 15.9 Å². The van der Waals surface area contributed by atoms with Crippen molar-refractivity contribution in [1.29, 1.82) is 0 Å². The van der Waals surface area contributed by atoms with Gasteiger partial charge in [0.1, 0.15) is 0 Å². The van der Waals surface area contributed by atoms with E-state index in [-0.39, 0.29) is 11.3 Å². The zero-order valence-electron chi connectivity index (χ0n) is 11.3. The number of hydrogen-bond donors (Lipinski definition) is 1. The van der Waals surface area contributed by atoms with Gasteiger partial charge in [0.05, 0.1) is 5.56 Å². The number of halogens is 1. The van der Waals surface area contributed by atoms with Gasteiger partial charge in [-0.25, -0.2) is 4.79 Å². The van der Waals surface area contributed by atoms with Crippen molar-refractivity contribution in [3.8, 4) is 11.1 Å². The van der Waals surface area contributed by atoms with Crippen molar-refractivity contribution in [3.05, 3.63) is 69.7 Å². The smallest absolute Gasteiger partial charge is 0.336 e. The minimum atomic E-state index is -0.988. The number of carboxylic acids is 1. The van der Waals surface area contributed by atoms with Gasteiger partial charge in [-0.2, -0.15) is 0 Å². The van der Waals surface area contributed by atoms with Crippen molar-refractivity contribution < 1.29 is 14.7 Å². The van der Waals surface area contributed by atoms with Gasteiger partial charge in [0.25, 0.3) is 0 Å². The van der Waals surface area contributed by atoms with Crippen molar-refractivity contribution in [2.24, 2.45) is 0 Å². The van der Waals surface area contributed by atoms with E-state index in [1.807, 2.05) is 18.2 Å². The van der Waals surface area contributed by atoms with Gasteiger partial charge in [-0.1, -0.05) is 46.3 Å². The predicted molar refractivity (Wildman–Crippen MR) is 87.5 cm³/mol. The molecule has 0 unspecified atom stereocenters. The second-order valence-electron chi connectivity index (χ2n) is 5.21. The lowest BCUT2D eigenvalue weighted by molar-refractivity contribution is 0.0698. The molecule has 0 aliphatic heterocycles. The van der Waals surface area contributed by atoms with Crippen LogP contribution in [-0.2, 0) is 0 Å². The van der Waals surface area contributed by atoms with E-state index < -0.39 is 5.97 Å². The van der Waals surface area contributed by atoms with E-state index in [0.29, 0.717) is 16.5 Å². The molecular weight excluding hydrogens is 344 g/mol. The normalized spacial score (nSPS) is 12.3. The highest BCUT2D eigenvalue weighted by Crippen LogP contribution is 2.41. The van der Waals surface area contributed by atoms with E-state index in [4.69, 9.17) is 0 Å². The van der Waals surface area contributed by atoms with Gasteiger partial charge in [0, 0.05) is 21.0 Å². The Kier molecular flexibility index (Phi) is 2.71. The molecule has 0 saturated carbocycles. The lowest BCUT2D eigenvalue weighted by atomic mass is 9.82. The number of rotatable bonds is 1. The summed E-state index contributed by atoms with van der Waals surface area (Å²) in [5.74, 6) is -1.06. The van der Waals surface area contributed by atoms with Crippen LogP contribution in [0.4, 0.5) is 0 Å². The third-order valence-electron chi connectivity index (χ3n) is 4.03. The van der Waals surface area contributed by atoms with E-state index >= 15 is 0 Å². The molecule has 1 aliphatic rings. The lowest BCUT2D eigenvalue weighted by Gasteiger charge is -2.20. The SMILES string of the molecule is O=C(O)c1ccc2c3c(cccc13)C(=O)c1cc(Br)ccc1-2. The molecule has 22 heavy (non-hydrogen) atoms. The van der Waals surface area contributed by atoms with Crippen LogP contribution in [-0.4, -0.2) is 16.9 Å². The first-order chi connectivity index (χ1) is 10.6. The van der Waals surface area contributed by atoms with Crippen LogP contribution in [0.2, 0.25) is 0 Å². The maximum atomic E-state index is 12.8. The van der Waals surface area contributed by atoms with Crippen LogP contribution in [0.1, 0.15) is 26.3 Å². The molecule has 0 bridgehead atoms. The molecule has 4 heteroatoms. The topological polar surface area (TPSA) is 54.4 Å². The summed E-state index contributed by atoms with van der Waals surface area (Å²) < 4.78 is 0.845. The summed E-state index contributed by atoms with van der Waals surface area (Å²) in [6.07, 6.45) is 0. The van der Waals surface area contributed by atoms with Crippen LogP contribution in [0.5, 0.6) is 0 Å². The second kappa shape index (κ2) is 4.52. The maximum Gasteiger partial charge on any atom is 0.336 e. The van der Waals surface area contributed by atoms with Gasteiger partial charge >= 0.3 is 5.97 Å². The summed E-state index contributed by atoms with van der Waals surface area (Å²) in [5, 5.41) is 10.7. The second-order valence-corrected chi connectivity index (χ2v) is 6.13. The van der Waals surface area contributed by atoms with Gasteiger partial charge in [-0.15, -0.1) is 0 Å². The van der Waals surface area contributed by atoms with Crippen LogP contribution in [0.3, 0.4) is 0 Å². The number of carbonyl (C=O) groups is 2. The average molecular weight is 353 g/mol. The molecule has 0 radical (unpaired) electrons. The van der Waals surface area contributed by atoms with Crippen molar-refractivity contribution in [2.45, 2.75) is 0 Å². The minimum absolute atomic E-state index is 0.0723. The van der Waals surface area contributed by atoms with Crippen molar-refractivity contribution in [1.82, 2.24) is 0 Å². The number of benzene rings is 3. The minimum Gasteiger partial charge on any atom is -0.478 e. The molecule has 4 rings (SSSR count). The number of hydrogen-bond acceptors (Lipinski definition) is 2. The van der Waals surface area contributed by atoms with Gasteiger partial charge in [-0.3, -0.25) is 4.79 Å². The quantitative estimate of drug-likeness (QED) is 0.548. The molecule has 1 N–H and O–H groups in total. The Morgan fingerprint density at radius 1 is 0.909 bits per heavy atom. The third kappa shape index (κ3) is 1.67. The molecule has 0 atom stereocenters. The number of aromatic carboxylic acids is 1. The first-order valence-electron chi connectivity index (χ1n) is 6.71. The number of carbonyl (C=O) groups excluding carboxylic acids is 1. The van der Waals surface area contributed by atoms with E-state index in [2.05, 4.69) is 15.9 Å². The summed E-state index contributed by atoms with van der Waals surface area (Å²) in [5.41, 5.74) is 3.15. The molecular formula is C18H9BrO3. The van der Waals surface area contributed by atoms with Crippen LogP contribution in [0, 0.1) is 0 Å². The summed E-state index contributed by atoms with van der Waals surface area (Å²) in [6.45, 7) is 0. The number of fused-ring (bicyclic) bond motifs is 2. The Bertz CT molecular complexity index is 989. The van der Waals surface area contributed by atoms with Crippen molar-refractivity contribution >= 4 is 38.5 Å². The zero-order valence-corrected chi connectivity index (χ0v) is 12.8. The predicted octanol–water partition coefficient (Wildman–Crippen LogP) is 4.51. The van der Waals surface area contributed by atoms with Gasteiger partial charge in [0.2, 0.25) is 0 Å². The summed E-state index contributed by atoms with van der Waals surface area (Å²) in [4.78, 5) is 24.2. The molecule has 0 aromatic heterocycles. The molecule has 3 aromatic rings. The highest BCUT2D eigenvalue weighted by molar-refractivity contribution is 9.10. The Hall–Kier alpha value is -2.46. The van der Waals surface area contributed by atoms with E-state index in [0.717, 1.165) is 21.0 Å². The molecule has 0 heterocycles. The molecule has 3 nitrogen and oxygen atoms in total. The third-order valence-corrected chi connectivity index (χ3v) is 4.53. The maximum absolute atomic E-state index is 12.8. The van der Waals surface area contributed by atoms with Crippen LogP contribution < -0.4 is 0 Å². The highest BCUT2D eigenvalue weighted by Gasteiger charge is 2.26. The number of ketones is 1. The van der Waals surface area contributed by atoms with Crippen molar-refractivity contribution in [3.63, 3.8) is 0 Å². The van der Waals surface area contributed by atoms with Gasteiger partial charge in [-0.05, 0) is 34.7 Å². The molecule has 0 saturated heterocycles. The standard InChI is InChI=1S/C18H9BrO3/c19-9-4-5-10-12-6-7-13(18(21)22)11-2-1-3-14(16(11)12)17(20)15(10)8-9/h1-8H,(H,21,22). The molecule has 0 spiro atoms. The highest BCUT2D eigenvalue weighted by atomic mass is 79.9. The Labute approximate surface area is 134 Å². The van der Waals surface area contributed by atoms with Crippen molar-refractivity contribution in [2.75, 3.05) is 0 Å².